The van der Waals surface area contributed by atoms with Crippen LogP contribution in [-0.4, -0.2) is 67.8 Å². The second-order valence-electron chi connectivity index (χ2n) is 8.99. The number of carbonyl (C=O) groups excluding carboxylic acids is 1. The first-order chi connectivity index (χ1) is 15.0. The van der Waals surface area contributed by atoms with Crippen LogP contribution in [0.25, 0.3) is 0 Å². The van der Waals surface area contributed by atoms with Gasteiger partial charge in [0.2, 0.25) is 5.95 Å². The van der Waals surface area contributed by atoms with Crippen LogP contribution < -0.4 is 10.6 Å². The second kappa shape index (κ2) is 8.53. The molecule has 2 unspecified atom stereocenters. The number of urea groups is 1. The standard InChI is InChI=1S/C21H29ClN8O/c1-28-13-17(9-24-28)26-20-23-10-18(22)19(27-20)25-16-7-14-11-30(12-15(14)8-16)21(31)29-5-3-2-4-6-29/h9-10,13-16H,2-8,11-12H2,1H3,(H2,23,25,26,27). The Morgan fingerprint density at radius 3 is 2.52 bits per heavy atom. The molecule has 2 aromatic heterocycles. The summed E-state index contributed by atoms with van der Waals surface area (Å²) in [6.07, 6.45) is 10.8. The molecule has 1 aliphatic carbocycles. The van der Waals surface area contributed by atoms with E-state index in [4.69, 9.17) is 11.6 Å². The highest BCUT2D eigenvalue weighted by Gasteiger charge is 2.43. The molecule has 0 aromatic carbocycles. The molecule has 0 bridgehead atoms. The molecule has 5 rings (SSSR count). The fourth-order valence-electron chi connectivity index (χ4n) is 5.20. The molecular weight excluding hydrogens is 416 g/mol. The van der Waals surface area contributed by atoms with Crippen molar-refractivity contribution in [2.75, 3.05) is 36.8 Å². The number of rotatable bonds is 4. The van der Waals surface area contributed by atoms with Gasteiger partial charge in [-0.3, -0.25) is 4.68 Å². The van der Waals surface area contributed by atoms with Gasteiger partial charge in [0.05, 0.1) is 18.1 Å². The van der Waals surface area contributed by atoms with Crippen molar-refractivity contribution in [1.82, 2.24) is 29.5 Å². The van der Waals surface area contributed by atoms with E-state index in [-0.39, 0.29) is 6.03 Å². The van der Waals surface area contributed by atoms with Gasteiger partial charge >= 0.3 is 6.03 Å². The maximum atomic E-state index is 12.8. The van der Waals surface area contributed by atoms with Gasteiger partial charge in [-0.05, 0) is 43.9 Å². The summed E-state index contributed by atoms with van der Waals surface area (Å²) < 4.78 is 1.72. The topological polar surface area (TPSA) is 91.2 Å². The van der Waals surface area contributed by atoms with E-state index >= 15 is 0 Å². The number of nitrogens with zero attached hydrogens (tertiary/aromatic N) is 6. The summed E-state index contributed by atoms with van der Waals surface area (Å²) in [7, 11) is 1.86. The number of carbonyl (C=O) groups is 1. The van der Waals surface area contributed by atoms with Gasteiger partial charge in [-0.25, -0.2) is 9.78 Å². The van der Waals surface area contributed by atoms with Crippen molar-refractivity contribution in [3.63, 3.8) is 0 Å². The molecule has 9 nitrogen and oxygen atoms in total. The molecule has 31 heavy (non-hydrogen) atoms. The van der Waals surface area contributed by atoms with Crippen molar-refractivity contribution in [3.05, 3.63) is 23.6 Å². The highest BCUT2D eigenvalue weighted by Crippen LogP contribution is 2.40. The van der Waals surface area contributed by atoms with Crippen molar-refractivity contribution in [2.45, 2.75) is 38.1 Å². The summed E-state index contributed by atoms with van der Waals surface area (Å²) in [5, 5.41) is 11.3. The van der Waals surface area contributed by atoms with E-state index in [1.807, 2.05) is 18.1 Å². The van der Waals surface area contributed by atoms with Crippen LogP contribution in [0.15, 0.2) is 18.6 Å². The summed E-state index contributed by atoms with van der Waals surface area (Å²) in [6.45, 7) is 3.56. The monoisotopic (exact) mass is 444 g/mol. The Bertz CT molecular complexity index is 929. The van der Waals surface area contributed by atoms with E-state index < -0.39 is 0 Å². The van der Waals surface area contributed by atoms with Crippen LogP contribution in [0.3, 0.4) is 0 Å². The molecule has 0 spiro atoms. The largest absolute Gasteiger partial charge is 0.366 e. The molecule has 2 aromatic rings. The lowest BCUT2D eigenvalue weighted by Gasteiger charge is -2.31. The Labute approximate surface area is 187 Å². The molecular formula is C21H29ClN8O. The van der Waals surface area contributed by atoms with E-state index in [0.717, 1.165) is 57.5 Å². The highest BCUT2D eigenvalue weighted by molar-refractivity contribution is 6.32. The van der Waals surface area contributed by atoms with Crippen LogP contribution in [0.1, 0.15) is 32.1 Å². The fourth-order valence-corrected chi connectivity index (χ4v) is 5.34. The summed E-state index contributed by atoms with van der Waals surface area (Å²) in [5.74, 6) is 2.21. The zero-order chi connectivity index (χ0) is 21.4. The van der Waals surface area contributed by atoms with Crippen molar-refractivity contribution in [3.8, 4) is 0 Å². The van der Waals surface area contributed by atoms with Crippen LogP contribution in [0.4, 0.5) is 22.2 Å². The maximum absolute atomic E-state index is 12.8. The van der Waals surface area contributed by atoms with Gasteiger partial charge in [0.1, 0.15) is 5.02 Å². The van der Waals surface area contributed by atoms with Gasteiger partial charge < -0.3 is 20.4 Å². The molecule has 2 N–H and O–H groups in total. The molecule has 4 heterocycles. The van der Waals surface area contributed by atoms with Crippen molar-refractivity contribution in [1.29, 1.82) is 0 Å². The minimum atomic E-state index is 0.239. The average molecular weight is 445 g/mol. The minimum Gasteiger partial charge on any atom is -0.366 e. The molecule has 3 aliphatic rings. The zero-order valence-electron chi connectivity index (χ0n) is 17.8. The Hall–Kier alpha value is -2.55. The Kier molecular flexibility index (Phi) is 5.60. The lowest BCUT2D eigenvalue weighted by atomic mass is 10.0. The number of piperidine rings is 1. The first kappa shape index (κ1) is 20.4. The Morgan fingerprint density at radius 2 is 1.84 bits per heavy atom. The summed E-state index contributed by atoms with van der Waals surface area (Å²) >= 11 is 6.36. The number of hydrogen-bond acceptors (Lipinski definition) is 6. The first-order valence-corrected chi connectivity index (χ1v) is 11.5. The van der Waals surface area contributed by atoms with E-state index in [2.05, 4.69) is 30.6 Å². The minimum absolute atomic E-state index is 0.239. The third kappa shape index (κ3) is 4.42. The summed E-state index contributed by atoms with van der Waals surface area (Å²) in [4.78, 5) is 25.8. The molecule has 10 heteroatoms. The summed E-state index contributed by atoms with van der Waals surface area (Å²) in [5.41, 5.74) is 0.824. The smallest absolute Gasteiger partial charge is 0.320 e. The van der Waals surface area contributed by atoms with Gasteiger partial charge in [0.25, 0.3) is 0 Å². The number of anilines is 3. The predicted molar refractivity (Wildman–Crippen MR) is 120 cm³/mol. The van der Waals surface area contributed by atoms with Crippen LogP contribution in [0.2, 0.25) is 5.02 Å². The van der Waals surface area contributed by atoms with Crippen molar-refractivity contribution < 1.29 is 4.79 Å². The predicted octanol–water partition coefficient (Wildman–Crippen LogP) is 3.34. The number of halogens is 1. The first-order valence-electron chi connectivity index (χ1n) is 11.1. The number of fused-ring (bicyclic) bond motifs is 1. The number of aromatic nitrogens is 4. The molecule has 166 valence electrons. The van der Waals surface area contributed by atoms with Crippen LogP contribution in [-0.2, 0) is 7.05 Å². The van der Waals surface area contributed by atoms with E-state index in [1.54, 1.807) is 17.1 Å². The molecule has 2 saturated heterocycles. The number of aryl methyl sites for hydroxylation is 1. The molecule has 1 saturated carbocycles. The molecule has 2 atom stereocenters. The van der Waals surface area contributed by atoms with Crippen LogP contribution in [0.5, 0.6) is 0 Å². The highest BCUT2D eigenvalue weighted by atomic mass is 35.5. The third-order valence-corrected chi connectivity index (χ3v) is 6.97. The molecule has 2 aliphatic heterocycles. The average Bonchev–Trinajstić information content (AvgIpc) is 3.45. The van der Waals surface area contributed by atoms with Crippen molar-refractivity contribution in [2.24, 2.45) is 18.9 Å². The van der Waals surface area contributed by atoms with Crippen LogP contribution >= 0.6 is 11.6 Å². The molecule has 3 fully saturated rings. The maximum Gasteiger partial charge on any atom is 0.320 e. The number of amides is 2. The molecule has 0 radical (unpaired) electrons. The van der Waals surface area contributed by atoms with E-state index in [1.165, 1.54) is 6.42 Å². The van der Waals surface area contributed by atoms with Crippen LogP contribution in [0, 0.1) is 11.8 Å². The Balaban J connectivity index is 1.18. The second-order valence-corrected chi connectivity index (χ2v) is 9.39. The SMILES string of the molecule is Cn1cc(Nc2ncc(Cl)c(NC3CC4CN(C(=O)N5CCCCC5)CC4C3)n2)cn1. The van der Waals surface area contributed by atoms with Gasteiger partial charge in [-0.15, -0.1) is 0 Å². The van der Waals surface area contributed by atoms with Gasteiger partial charge in [0.15, 0.2) is 5.82 Å². The normalized spacial score (nSPS) is 25.5. The van der Waals surface area contributed by atoms with Gasteiger partial charge in [0, 0.05) is 45.5 Å². The van der Waals surface area contributed by atoms with Crippen molar-refractivity contribution >= 4 is 35.1 Å². The lowest BCUT2D eigenvalue weighted by Crippen LogP contribution is -2.45. The van der Waals surface area contributed by atoms with Gasteiger partial charge in [-0.1, -0.05) is 11.6 Å². The molecule has 2 amide bonds. The number of nitrogens with one attached hydrogen (secondary N) is 2. The van der Waals surface area contributed by atoms with Gasteiger partial charge in [-0.2, -0.15) is 10.1 Å². The zero-order valence-corrected chi connectivity index (χ0v) is 18.6. The summed E-state index contributed by atoms with van der Waals surface area (Å²) in [6, 6.07) is 0.546. The van der Waals surface area contributed by atoms with E-state index in [0.29, 0.717) is 34.7 Å². The number of likely N-dealkylation sites (tertiary alicyclic amines) is 2. The third-order valence-electron chi connectivity index (χ3n) is 6.69. The quantitative estimate of drug-likeness (QED) is 0.751. The van der Waals surface area contributed by atoms with E-state index in [9.17, 15) is 4.79 Å². The number of hydrogen-bond donors (Lipinski definition) is 2. The fraction of sp³-hybridized carbons (Fsp3) is 0.619. The lowest BCUT2D eigenvalue weighted by molar-refractivity contribution is 0.149. The Morgan fingerprint density at radius 1 is 1.10 bits per heavy atom.